The van der Waals surface area contributed by atoms with Gasteiger partial charge in [0.15, 0.2) is 0 Å². The second-order valence-corrected chi connectivity index (χ2v) is 32.9. The van der Waals surface area contributed by atoms with Crippen molar-refractivity contribution < 1.29 is 61.2 Å². The Hall–Kier alpha value is -8.03. The van der Waals surface area contributed by atoms with Gasteiger partial charge in [-0.25, -0.2) is 33.1 Å². The molecule has 5 amide bonds. The van der Waals surface area contributed by atoms with Gasteiger partial charge in [-0.2, -0.15) is 0 Å². The molecule has 5 fully saturated rings. The second-order valence-electron chi connectivity index (χ2n) is 29.0. The number of fused-ring (bicyclic) bond motifs is 6. The van der Waals surface area contributed by atoms with Gasteiger partial charge in [-0.3, -0.25) is 28.7 Å². The van der Waals surface area contributed by atoms with Crippen LogP contribution in [0.3, 0.4) is 0 Å². The van der Waals surface area contributed by atoms with Crippen LogP contribution in [-0.4, -0.2) is 148 Å². The van der Waals surface area contributed by atoms with Gasteiger partial charge in [-0.1, -0.05) is 52.0 Å². The predicted molar refractivity (Wildman–Crippen MR) is 379 cm³/mol. The highest BCUT2D eigenvalue weighted by molar-refractivity contribution is 7.91. The van der Waals surface area contributed by atoms with E-state index in [-0.39, 0.29) is 54.7 Å². The van der Waals surface area contributed by atoms with Crippen LogP contribution in [0.2, 0.25) is 0 Å². The topological polar surface area (TPSA) is 288 Å². The number of sulfonamides is 1. The monoisotopic (exact) mass is 1410 g/mol. The highest BCUT2D eigenvalue weighted by atomic mass is 32.2. The number of carboxylic acids is 1. The van der Waals surface area contributed by atoms with E-state index in [1.165, 1.54) is 22.7 Å². The molecule has 6 heterocycles. The number of rotatable bonds is 14. The minimum absolute atomic E-state index is 0.111. The van der Waals surface area contributed by atoms with Crippen molar-refractivity contribution >= 4 is 90.0 Å². The highest BCUT2D eigenvalue weighted by Crippen LogP contribution is 2.51. The van der Waals surface area contributed by atoms with Crippen molar-refractivity contribution in [3.05, 3.63) is 94.0 Å². The van der Waals surface area contributed by atoms with Crippen molar-refractivity contribution in [1.82, 2.24) is 45.1 Å². The number of amides is 5. The number of nitrogens with one attached hydrogen (secondary N) is 3. The Labute approximate surface area is 586 Å². The van der Waals surface area contributed by atoms with Gasteiger partial charge in [-0.15, -0.1) is 22.7 Å². The van der Waals surface area contributed by atoms with E-state index in [4.69, 9.17) is 38.9 Å². The van der Waals surface area contributed by atoms with Gasteiger partial charge in [0.25, 0.3) is 5.91 Å². The van der Waals surface area contributed by atoms with Crippen LogP contribution < -0.4 is 34.3 Å². The van der Waals surface area contributed by atoms with E-state index in [0.29, 0.717) is 85.1 Å². The lowest BCUT2D eigenvalue weighted by molar-refractivity contribution is -0.145. The number of carboxylic acid groups (broad SMARTS) is 1. The Kier molecular flexibility index (Phi) is 20.2. The third kappa shape index (κ3) is 14.3. The maximum absolute atomic E-state index is 14.3. The third-order valence-corrected chi connectivity index (χ3v) is 25.3. The number of methoxy groups -OCH3 is 2. The quantitative estimate of drug-likeness (QED) is 0.0737. The summed E-state index contributed by atoms with van der Waals surface area (Å²) in [7, 11) is 2.86. The van der Waals surface area contributed by atoms with E-state index in [2.05, 4.69) is 43.1 Å². The molecule has 0 spiro atoms. The van der Waals surface area contributed by atoms with Crippen LogP contribution in [0.5, 0.6) is 23.0 Å². The average molecular weight is 1410 g/mol. The largest absolute Gasteiger partial charge is 0.496 e. The molecule has 22 nitrogen and oxygen atoms in total. The zero-order valence-electron chi connectivity index (χ0n) is 58.3. The normalized spacial score (nSPS) is 27.6. The number of carbonyl (C=O) groups is 6. The highest BCUT2D eigenvalue weighted by Gasteiger charge is 2.64. The summed E-state index contributed by atoms with van der Waals surface area (Å²) in [5, 5.41) is 23.1. The number of pyridine rings is 2. The molecular weight excluding hydrogens is 1320 g/mol. The summed E-state index contributed by atoms with van der Waals surface area (Å²) in [6.45, 7) is 15.1. The Bertz CT molecular complexity index is 4330. The van der Waals surface area contributed by atoms with Gasteiger partial charge < -0.3 is 44.5 Å². The fraction of sp³-hybridized carbons (Fsp3) is 0.541. The number of hydrogen-bond acceptors (Lipinski definition) is 18. The summed E-state index contributed by atoms with van der Waals surface area (Å²) in [5.41, 5.74) is 3.71. The van der Waals surface area contributed by atoms with Gasteiger partial charge in [-0.05, 0) is 147 Å². The van der Waals surface area contributed by atoms with Crippen molar-refractivity contribution in [1.29, 1.82) is 0 Å². The summed E-state index contributed by atoms with van der Waals surface area (Å²) < 4.78 is 52.2. The summed E-state index contributed by atoms with van der Waals surface area (Å²) in [6, 6.07) is 11.4. The maximum Gasteiger partial charge on any atom is 0.330 e. The predicted octanol–water partition coefficient (Wildman–Crippen LogP) is 11.4. The van der Waals surface area contributed by atoms with Crippen LogP contribution in [0.25, 0.3) is 43.2 Å². The minimum atomic E-state index is -3.93. The molecule has 0 radical (unpaired) electrons. The molecule has 2 aliphatic heterocycles. The fourth-order valence-electron chi connectivity index (χ4n) is 14.5. The molecule has 4 N–H and O–H groups in total. The van der Waals surface area contributed by atoms with Crippen LogP contribution in [0.1, 0.15) is 159 Å². The number of hydrogen-bond donors (Lipinski definition) is 4. The standard InChI is InChI=1S/C39H49N5O7S2.C35H42N4O6S/c1-22(2)30-21-52-35(41-30)29-19-32(26-12-13-31(50-6)23(3)33(26)40-29)51-25-17-27-28(18-25)36(46)44(5)16-10-8-7-9-11-24-20-39(24,42-34(27)45)37(47)43-53(48,49)38(4)14-15-38;1-19(2)27-18-46-32(37-27)26-16-29(23-11-12-28(44-5)20(3)30(23)36-26)45-22-14-24-25(15-22)33(41)39(4)13-9-7-6-8-10-21-17-35(21,34(42)43)38-31(24)40/h9,11-13,19,21-22,24-25,27-28H,7-8,10,14-18,20H2,1-6H3,(H,42,45)(H,43,47);8,10-12,16,18-19,21-22,24-25H,6-7,9,13-15,17H2,1-5H3,(H,38,40)(H,42,43)/b11-9-;10-8-/t24-,25-,27-,28-,39-;21-,22-,24-,25-,35-/m11/s1. The van der Waals surface area contributed by atoms with Crippen molar-refractivity contribution in [2.45, 2.75) is 178 Å². The number of allylic oxidation sites excluding steroid dienone is 2. The fourth-order valence-corrected chi connectivity index (χ4v) is 17.7. The first-order valence-electron chi connectivity index (χ1n) is 34.7. The molecular formula is C74H91N9O13S3. The minimum Gasteiger partial charge on any atom is -0.496 e. The molecule has 4 aromatic heterocycles. The number of carbonyl (C=O) groups excluding carboxylic acids is 5. The van der Waals surface area contributed by atoms with Crippen LogP contribution in [0.15, 0.2) is 71.5 Å². The summed E-state index contributed by atoms with van der Waals surface area (Å²) in [6.07, 6.45) is 14.5. The Morgan fingerprint density at radius 3 is 1.46 bits per heavy atom. The molecule has 0 saturated heterocycles. The van der Waals surface area contributed by atoms with Gasteiger partial charge in [0.05, 0.1) is 65.1 Å². The van der Waals surface area contributed by atoms with E-state index < -0.39 is 85.4 Å². The summed E-state index contributed by atoms with van der Waals surface area (Å²) in [4.78, 5) is 105. The lowest BCUT2D eigenvalue weighted by Crippen LogP contribution is -2.55. The van der Waals surface area contributed by atoms with E-state index >= 15 is 0 Å². The van der Waals surface area contributed by atoms with Gasteiger partial charge in [0.1, 0.15) is 67.7 Å². The van der Waals surface area contributed by atoms with Crippen molar-refractivity contribution in [3.8, 4) is 44.4 Å². The van der Waals surface area contributed by atoms with E-state index in [9.17, 15) is 42.3 Å². The molecule has 25 heteroatoms. The molecule has 528 valence electrons. The molecule has 99 heavy (non-hydrogen) atoms. The lowest BCUT2D eigenvalue weighted by atomic mass is 9.93. The number of thiazole rings is 2. The van der Waals surface area contributed by atoms with Gasteiger partial charge in [0, 0.05) is 83.8 Å². The lowest BCUT2D eigenvalue weighted by Gasteiger charge is -2.27. The van der Waals surface area contributed by atoms with Crippen LogP contribution >= 0.6 is 22.7 Å². The third-order valence-electron chi connectivity index (χ3n) is 21.4. The number of aromatic nitrogens is 4. The Balaban J connectivity index is 0.000000190. The average Bonchev–Trinajstić information content (AvgIpc) is 1.58. The summed E-state index contributed by atoms with van der Waals surface area (Å²) >= 11 is 3.04. The zero-order valence-corrected chi connectivity index (χ0v) is 60.7. The molecule has 0 unspecified atom stereocenters. The van der Waals surface area contributed by atoms with Crippen LogP contribution in [0, 0.1) is 49.4 Å². The SMILES string of the molecule is COc1ccc2c(O[C@@H]3C[C@H]4C(=O)N[C@]5(C(=O)NS(=O)(=O)C6(C)CC6)C[C@H]5/C=C\CCCCN(C)C(=O)[C@@H]4C3)cc(-c3nc(C(C)C)cs3)nc2c1C.COc1ccc2c(O[C@@H]3C[C@H]4C(=O)N[C@]5(C(=O)O)C[C@H]5/C=C\CCCCN(C)C(=O)[C@@H]4C3)cc(-c3nc(C(C)C)cs3)nc2c1C. The molecule has 6 aromatic rings. The number of benzene rings is 2. The zero-order chi connectivity index (χ0) is 70.6. The first-order chi connectivity index (χ1) is 47.2. The molecule has 13 rings (SSSR count). The van der Waals surface area contributed by atoms with Gasteiger partial charge >= 0.3 is 5.97 Å². The second kappa shape index (κ2) is 28.2. The Morgan fingerprint density at radius 2 is 1.05 bits per heavy atom. The van der Waals surface area contributed by atoms with E-state index in [0.717, 1.165) is 87.3 Å². The van der Waals surface area contributed by atoms with Crippen LogP contribution in [-0.2, 0) is 38.8 Å². The number of ether oxygens (including phenoxy) is 4. The number of aliphatic carboxylic acids is 1. The van der Waals surface area contributed by atoms with Crippen molar-refractivity contribution in [3.63, 3.8) is 0 Å². The van der Waals surface area contributed by atoms with Gasteiger partial charge in [0.2, 0.25) is 33.7 Å². The van der Waals surface area contributed by atoms with E-state index in [1.807, 2.05) is 85.3 Å². The molecule has 0 bridgehead atoms. The van der Waals surface area contributed by atoms with E-state index in [1.54, 1.807) is 45.0 Å². The smallest absolute Gasteiger partial charge is 0.330 e. The molecule has 10 atom stereocenters. The van der Waals surface area contributed by atoms with Crippen molar-refractivity contribution in [2.24, 2.45) is 35.5 Å². The maximum atomic E-state index is 14.3. The first kappa shape index (κ1) is 70.8. The van der Waals surface area contributed by atoms with Crippen LogP contribution in [0.4, 0.5) is 0 Å². The first-order valence-corrected chi connectivity index (χ1v) is 37.9. The molecule has 5 saturated carbocycles. The molecule has 2 aromatic carbocycles. The Morgan fingerprint density at radius 1 is 0.626 bits per heavy atom. The number of nitrogens with zero attached hydrogens (tertiary/aromatic N) is 6. The van der Waals surface area contributed by atoms with Crippen molar-refractivity contribution in [2.75, 3.05) is 41.4 Å². The molecule has 7 aliphatic rings. The summed E-state index contributed by atoms with van der Waals surface area (Å²) in [5.74, 6) is -3.25. The molecule has 5 aliphatic carbocycles. The number of aryl methyl sites for hydroxylation is 2.